The normalized spacial score (nSPS) is 16.5. The summed E-state index contributed by atoms with van der Waals surface area (Å²) in [6, 6.07) is 1.95. The highest BCUT2D eigenvalue weighted by Gasteiger charge is 2.49. The monoisotopic (exact) mass is 515 g/mol. The molecule has 1 N–H and O–H groups in total. The van der Waals surface area contributed by atoms with E-state index in [1.54, 1.807) is 38.8 Å². The number of hydrogen-bond acceptors (Lipinski definition) is 9. The molecule has 194 valence electrons. The zero-order valence-electron chi connectivity index (χ0n) is 21.3. The van der Waals surface area contributed by atoms with Crippen molar-refractivity contribution in [3.63, 3.8) is 0 Å². The molecule has 0 saturated heterocycles. The largest absolute Gasteiger partial charge is 0.382 e. The average Bonchev–Trinajstić information content (AvgIpc) is 3.50. The van der Waals surface area contributed by atoms with E-state index < -0.39 is 26.9 Å². The van der Waals surface area contributed by atoms with Crippen molar-refractivity contribution in [3.8, 4) is 11.4 Å². The van der Waals surface area contributed by atoms with E-state index in [4.69, 9.17) is 9.47 Å². The molecule has 0 unspecified atom stereocenters. The maximum atomic E-state index is 13.6. The standard InChI is InChI=1S/C24H33N7O4S/c1-6-9-35-20(21-26-12-17(3)13-27-21)18(4)36(32,33)30-23-29-28-22(19-10-16(2)11-25-14-19)31(23)24(7-8-24)15-34-5/h10-14,18,20H,6-9,15H2,1-5H3,(H,29,30)/t18-,20+/m0/s1. The molecule has 36 heavy (non-hydrogen) atoms. The number of anilines is 1. The number of ether oxygens (including phenoxy) is 2. The minimum atomic E-state index is -3.98. The van der Waals surface area contributed by atoms with E-state index in [-0.39, 0.29) is 5.95 Å². The molecule has 0 bridgehead atoms. The van der Waals surface area contributed by atoms with Crippen LogP contribution in [-0.2, 0) is 25.0 Å². The van der Waals surface area contributed by atoms with E-state index >= 15 is 0 Å². The van der Waals surface area contributed by atoms with Gasteiger partial charge in [-0.1, -0.05) is 6.92 Å². The van der Waals surface area contributed by atoms with Crippen LogP contribution in [0.3, 0.4) is 0 Å². The van der Waals surface area contributed by atoms with Crippen molar-refractivity contribution in [3.05, 3.63) is 47.8 Å². The van der Waals surface area contributed by atoms with Gasteiger partial charge in [0.2, 0.25) is 16.0 Å². The molecule has 2 atom stereocenters. The van der Waals surface area contributed by atoms with Gasteiger partial charge < -0.3 is 9.47 Å². The topological polar surface area (TPSA) is 134 Å². The Labute approximate surface area is 211 Å². The smallest absolute Gasteiger partial charge is 0.240 e. The van der Waals surface area contributed by atoms with E-state index in [0.717, 1.165) is 36.0 Å². The number of sulfonamides is 1. The van der Waals surface area contributed by atoms with Crippen molar-refractivity contribution >= 4 is 16.0 Å². The predicted octanol–water partition coefficient (Wildman–Crippen LogP) is 3.18. The number of methoxy groups -OCH3 is 1. The van der Waals surface area contributed by atoms with Gasteiger partial charge in [-0.3, -0.25) is 14.3 Å². The molecule has 0 aromatic carbocycles. The lowest BCUT2D eigenvalue weighted by molar-refractivity contribution is 0.0466. The Hall–Kier alpha value is -2.96. The van der Waals surface area contributed by atoms with Gasteiger partial charge in [0.25, 0.3) is 0 Å². The second-order valence-corrected chi connectivity index (χ2v) is 11.4. The van der Waals surface area contributed by atoms with Crippen molar-refractivity contribution in [2.75, 3.05) is 25.0 Å². The van der Waals surface area contributed by atoms with E-state index in [0.29, 0.717) is 24.9 Å². The zero-order valence-corrected chi connectivity index (χ0v) is 22.1. The lowest BCUT2D eigenvalue weighted by Crippen LogP contribution is -2.35. The Morgan fingerprint density at radius 3 is 2.44 bits per heavy atom. The molecule has 0 aliphatic heterocycles. The second kappa shape index (κ2) is 10.6. The van der Waals surface area contributed by atoms with Crippen LogP contribution < -0.4 is 4.72 Å². The van der Waals surface area contributed by atoms with Crippen LogP contribution >= 0.6 is 0 Å². The van der Waals surface area contributed by atoms with E-state index in [1.807, 2.05) is 31.4 Å². The molecule has 0 spiro atoms. The van der Waals surface area contributed by atoms with Gasteiger partial charge in [0.15, 0.2) is 11.6 Å². The van der Waals surface area contributed by atoms with Crippen LogP contribution in [0.25, 0.3) is 11.4 Å². The molecule has 0 amide bonds. The molecule has 3 aromatic heterocycles. The summed E-state index contributed by atoms with van der Waals surface area (Å²) in [5, 5.41) is 7.61. The summed E-state index contributed by atoms with van der Waals surface area (Å²) < 4.78 is 43.2. The summed E-state index contributed by atoms with van der Waals surface area (Å²) in [5.74, 6) is 0.983. The number of nitrogens with zero attached hydrogens (tertiary/aromatic N) is 6. The fourth-order valence-corrected chi connectivity index (χ4v) is 5.20. The quantitative estimate of drug-likeness (QED) is 0.386. The SMILES string of the molecule is CCCO[C@@H](c1ncc(C)cn1)[C@H](C)S(=O)(=O)Nc1nnc(-c2cncc(C)c2)n1C1(COC)CC1. The van der Waals surface area contributed by atoms with Crippen molar-refractivity contribution in [2.45, 2.75) is 63.9 Å². The Morgan fingerprint density at radius 2 is 1.83 bits per heavy atom. The van der Waals surface area contributed by atoms with Gasteiger partial charge in [0, 0.05) is 44.1 Å². The van der Waals surface area contributed by atoms with E-state index in [9.17, 15) is 8.42 Å². The molecule has 1 aliphatic carbocycles. The summed E-state index contributed by atoms with van der Waals surface area (Å²) in [6.45, 7) is 8.13. The number of aryl methyl sites for hydroxylation is 2. The highest BCUT2D eigenvalue weighted by Crippen LogP contribution is 2.47. The first-order chi connectivity index (χ1) is 17.2. The number of hydrogen-bond donors (Lipinski definition) is 1. The summed E-state index contributed by atoms with van der Waals surface area (Å²) in [7, 11) is -2.36. The van der Waals surface area contributed by atoms with Crippen LogP contribution in [0.2, 0.25) is 0 Å². The molecule has 0 radical (unpaired) electrons. The first-order valence-electron chi connectivity index (χ1n) is 12.0. The first kappa shape index (κ1) is 26.1. The summed E-state index contributed by atoms with van der Waals surface area (Å²) in [5.41, 5.74) is 2.15. The fraction of sp³-hybridized carbons (Fsp3) is 0.542. The molecule has 3 heterocycles. The maximum absolute atomic E-state index is 13.6. The molecule has 3 aromatic rings. The summed E-state index contributed by atoms with van der Waals surface area (Å²) >= 11 is 0. The Kier molecular flexibility index (Phi) is 7.67. The Bertz CT molecular complexity index is 1290. The van der Waals surface area contributed by atoms with Crippen molar-refractivity contribution < 1.29 is 17.9 Å². The fourth-order valence-electron chi connectivity index (χ4n) is 4.11. The van der Waals surface area contributed by atoms with Gasteiger partial charge in [-0.25, -0.2) is 18.4 Å². The number of nitrogens with one attached hydrogen (secondary N) is 1. The third-order valence-corrected chi connectivity index (χ3v) is 7.91. The average molecular weight is 516 g/mol. The Balaban J connectivity index is 1.70. The van der Waals surface area contributed by atoms with Gasteiger partial charge in [-0.05, 0) is 57.2 Å². The number of rotatable bonds is 12. The van der Waals surface area contributed by atoms with Gasteiger partial charge in [0.1, 0.15) is 11.4 Å². The van der Waals surface area contributed by atoms with E-state index in [2.05, 4.69) is 29.9 Å². The minimum Gasteiger partial charge on any atom is -0.382 e. The Morgan fingerprint density at radius 1 is 1.11 bits per heavy atom. The lowest BCUT2D eigenvalue weighted by atomic mass is 10.2. The van der Waals surface area contributed by atoms with Gasteiger partial charge >= 0.3 is 0 Å². The molecule has 4 rings (SSSR count). The van der Waals surface area contributed by atoms with Crippen LogP contribution in [0, 0.1) is 13.8 Å². The van der Waals surface area contributed by atoms with Crippen LogP contribution in [0.4, 0.5) is 5.95 Å². The molecule has 1 aliphatic rings. The second-order valence-electron chi connectivity index (χ2n) is 9.35. The maximum Gasteiger partial charge on any atom is 0.240 e. The van der Waals surface area contributed by atoms with Crippen molar-refractivity contribution in [1.29, 1.82) is 0 Å². The third-order valence-electron chi connectivity index (χ3n) is 6.22. The van der Waals surface area contributed by atoms with Crippen molar-refractivity contribution in [1.82, 2.24) is 29.7 Å². The van der Waals surface area contributed by atoms with Gasteiger partial charge in [-0.2, -0.15) is 0 Å². The molecule has 1 saturated carbocycles. The van der Waals surface area contributed by atoms with Crippen LogP contribution in [0.1, 0.15) is 56.2 Å². The first-order valence-corrected chi connectivity index (χ1v) is 13.5. The molecule has 1 fully saturated rings. The summed E-state index contributed by atoms with van der Waals surface area (Å²) in [4.78, 5) is 12.9. The van der Waals surface area contributed by atoms with Crippen LogP contribution in [0.15, 0.2) is 30.9 Å². The molecule has 12 heteroatoms. The molecule has 11 nitrogen and oxygen atoms in total. The van der Waals surface area contributed by atoms with E-state index in [1.165, 1.54) is 0 Å². The van der Waals surface area contributed by atoms with Crippen LogP contribution in [-0.4, -0.2) is 63.7 Å². The highest BCUT2D eigenvalue weighted by atomic mass is 32.2. The minimum absolute atomic E-state index is 0.131. The van der Waals surface area contributed by atoms with Gasteiger partial charge in [0.05, 0.1) is 12.1 Å². The summed E-state index contributed by atoms with van der Waals surface area (Å²) in [6.07, 6.45) is 8.25. The highest BCUT2D eigenvalue weighted by molar-refractivity contribution is 7.93. The van der Waals surface area contributed by atoms with Crippen LogP contribution in [0.5, 0.6) is 0 Å². The predicted molar refractivity (Wildman–Crippen MR) is 135 cm³/mol. The zero-order chi connectivity index (χ0) is 25.9. The number of aromatic nitrogens is 6. The molecular weight excluding hydrogens is 482 g/mol. The third kappa shape index (κ3) is 5.40. The number of pyridine rings is 1. The molecular formula is C24H33N7O4S. The van der Waals surface area contributed by atoms with Gasteiger partial charge in [-0.15, -0.1) is 10.2 Å². The van der Waals surface area contributed by atoms with Crippen molar-refractivity contribution in [2.24, 2.45) is 0 Å². The lowest BCUT2D eigenvalue weighted by Gasteiger charge is -2.25.